The fraction of sp³-hybridized carbons (Fsp3) is 0.500. The Kier molecular flexibility index (Phi) is 6.66. The first-order valence-corrected chi connectivity index (χ1v) is 6.80. The molecule has 0 aliphatic rings. The molecule has 0 radical (unpaired) electrons. The van der Waals surface area contributed by atoms with Gasteiger partial charge in [-0.3, -0.25) is 0 Å². The number of hydrogen-bond acceptors (Lipinski definition) is 1. The summed E-state index contributed by atoms with van der Waals surface area (Å²) in [5.74, 6) is -0.108. The summed E-state index contributed by atoms with van der Waals surface area (Å²) in [5, 5.41) is 3.48. The largest absolute Gasteiger partial charge is 0.313 e. The van der Waals surface area contributed by atoms with E-state index in [4.69, 9.17) is 0 Å². The van der Waals surface area contributed by atoms with Gasteiger partial charge in [-0.05, 0) is 43.9 Å². The van der Waals surface area contributed by atoms with E-state index in [1.54, 1.807) is 6.07 Å². The van der Waals surface area contributed by atoms with Crippen molar-refractivity contribution in [2.24, 2.45) is 0 Å². The van der Waals surface area contributed by atoms with Gasteiger partial charge in [0.15, 0.2) is 0 Å². The molecule has 0 saturated heterocycles. The maximum atomic E-state index is 13.6. The molecule has 0 aliphatic heterocycles. The SMILES string of the molecule is C=C(CC)CC(Cc1ccccc1F)NCCC. The van der Waals surface area contributed by atoms with E-state index in [2.05, 4.69) is 25.7 Å². The third kappa shape index (κ3) is 5.01. The van der Waals surface area contributed by atoms with Crippen LogP contribution in [0.4, 0.5) is 4.39 Å². The lowest BCUT2D eigenvalue weighted by Gasteiger charge is -2.19. The van der Waals surface area contributed by atoms with Gasteiger partial charge in [-0.15, -0.1) is 0 Å². The van der Waals surface area contributed by atoms with Crippen molar-refractivity contribution in [1.29, 1.82) is 0 Å². The van der Waals surface area contributed by atoms with Crippen LogP contribution in [0.25, 0.3) is 0 Å². The summed E-state index contributed by atoms with van der Waals surface area (Å²) < 4.78 is 13.6. The molecule has 0 fully saturated rings. The van der Waals surface area contributed by atoms with Gasteiger partial charge in [-0.25, -0.2) is 4.39 Å². The molecule has 0 spiro atoms. The number of nitrogens with one attached hydrogen (secondary N) is 1. The molecular weight excluding hydrogens is 225 g/mol. The number of hydrogen-bond donors (Lipinski definition) is 1. The molecular formula is C16H24FN. The quantitative estimate of drug-likeness (QED) is 0.684. The van der Waals surface area contributed by atoms with E-state index < -0.39 is 0 Å². The molecule has 1 atom stereocenters. The predicted molar refractivity (Wildman–Crippen MR) is 76.2 cm³/mol. The molecule has 0 saturated carbocycles. The molecule has 0 amide bonds. The van der Waals surface area contributed by atoms with Crippen molar-refractivity contribution >= 4 is 0 Å². The van der Waals surface area contributed by atoms with E-state index in [0.29, 0.717) is 0 Å². The molecule has 0 bridgehead atoms. The molecule has 0 aromatic heterocycles. The molecule has 1 aromatic rings. The Morgan fingerprint density at radius 1 is 1.33 bits per heavy atom. The van der Waals surface area contributed by atoms with Crippen LogP contribution in [0.5, 0.6) is 0 Å². The predicted octanol–water partition coefficient (Wildman–Crippen LogP) is 4.09. The molecule has 2 heteroatoms. The average molecular weight is 249 g/mol. The first kappa shape index (κ1) is 14.9. The van der Waals surface area contributed by atoms with Gasteiger partial charge in [-0.1, -0.05) is 44.2 Å². The zero-order valence-corrected chi connectivity index (χ0v) is 11.5. The molecule has 18 heavy (non-hydrogen) atoms. The smallest absolute Gasteiger partial charge is 0.126 e. The second-order valence-electron chi connectivity index (χ2n) is 4.75. The Morgan fingerprint density at radius 2 is 2.06 bits per heavy atom. The lowest BCUT2D eigenvalue weighted by Crippen LogP contribution is -2.32. The minimum Gasteiger partial charge on any atom is -0.313 e. The van der Waals surface area contributed by atoms with Crippen LogP contribution in [0, 0.1) is 5.82 Å². The van der Waals surface area contributed by atoms with E-state index in [0.717, 1.165) is 37.8 Å². The van der Waals surface area contributed by atoms with Gasteiger partial charge in [0.1, 0.15) is 5.82 Å². The average Bonchev–Trinajstić information content (AvgIpc) is 2.38. The van der Waals surface area contributed by atoms with Crippen molar-refractivity contribution in [2.45, 2.75) is 45.6 Å². The maximum Gasteiger partial charge on any atom is 0.126 e. The van der Waals surface area contributed by atoms with Crippen molar-refractivity contribution in [3.8, 4) is 0 Å². The zero-order valence-electron chi connectivity index (χ0n) is 11.5. The lowest BCUT2D eigenvalue weighted by molar-refractivity contribution is 0.488. The van der Waals surface area contributed by atoms with Crippen LogP contribution in [0.15, 0.2) is 36.4 Å². The highest BCUT2D eigenvalue weighted by molar-refractivity contribution is 5.19. The second-order valence-corrected chi connectivity index (χ2v) is 4.75. The first-order chi connectivity index (χ1) is 8.67. The Labute approximate surface area is 110 Å². The highest BCUT2D eigenvalue weighted by Crippen LogP contribution is 2.14. The van der Waals surface area contributed by atoms with Crippen molar-refractivity contribution in [2.75, 3.05) is 6.54 Å². The summed E-state index contributed by atoms with van der Waals surface area (Å²) in [4.78, 5) is 0. The van der Waals surface area contributed by atoms with Gasteiger partial charge in [0.2, 0.25) is 0 Å². The van der Waals surface area contributed by atoms with Gasteiger partial charge in [0.25, 0.3) is 0 Å². The van der Waals surface area contributed by atoms with Crippen LogP contribution >= 0.6 is 0 Å². The van der Waals surface area contributed by atoms with Crippen LogP contribution < -0.4 is 5.32 Å². The summed E-state index contributed by atoms with van der Waals surface area (Å²) in [6, 6.07) is 7.31. The van der Waals surface area contributed by atoms with E-state index in [-0.39, 0.29) is 11.9 Å². The third-order valence-corrected chi connectivity index (χ3v) is 3.14. The molecule has 1 N–H and O–H groups in total. The van der Waals surface area contributed by atoms with E-state index >= 15 is 0 Å². The van der Waals surface area contributed by atoms with E-state index in [1.165, 1.54) is 11.6 Å². The van der Waals surface area contributed by atoms with Gasteiger partial charge >= 0.3 is 0 Å². The zero-order chi connectivity index (χ0) is 13.4. The van der Waals surface area contributed by atoms with E-state index in [1.807, 2.05) is 12.1 Å². The van der Waals surface area contributed by atoms with Gasteiger partial charge < -0.3 is 5.32 Å². The molecule has 1 unspecified atom stereocenters. The van der Waals surface area contributed by atoms with Crippen molar-refractivity contribution in [1.82, 2.24) is 5.32 Å². The van der Waals surface area contributed by atoms with Crippen LogP contribution in [-0.4, -0.2) is 12.6 Å². The molecule has 1 aromatic carbocycles. The lowest BCUT2D eigenvalue weighted by atomic mass is 9.98. The van der Waals surface area contributed by atoms with Crippen LogP contribution in [0.3, 0.4) is 0 Å². The van der Waals surface area contributed by atoms with Crippen molar-refractivity contribution in [3.63, 3.8) is 0 Å². The Morgan fingerprint density at radius 3 is 2.67 bits per heavy atom. The highest BCUT2D eigenvalue weighted by atomic mass is 19.1. The molecule has 1 nitrogen and oxygen atoms in total. The summed E-state index contributed by atoms with van der Waals surface area (Å²) in [7, 11) is 0. The Hall–Kier alpha value is -1.15. The number of halogens is 1. The van der Waals surface area contributed by atoms with Crippen molar-refractivity contribution in [3.05, 3.63) is 47.8 Å². The topological polar surface area (TPSA) is 12.0 Å². The fourth-order valence-electron chi connectivity index (χ4n) is 1.99. The Balaban J connectivity index is 2.65. The normalized spacial score (nSPS) is 12.4. The van der Waals surface area contributed by atoms with Crippen LogP contribution in [0.2, 0.25) is 0 Å². The summed E-state index contributed by atoms with van der Waals surface area (Å²) in [6.45, 7) is 9.27. The maximum absolute atomic E-state index is 13.6. The second kappa shape index (κ2) is 8.04. The summed E-state index contributed by atoms with van der Waals surface area (Å²) in [5.41, 5.74) is 2.01. The van der Waals surface area contributed by atoms with Crippen LogP contribution in [-0.2, 0) is 6.42 Å². The van der Waals surface area contributed by atoms with Gasteiger partial charge in [-0.2, -0.15) is 0 Å². The van der Waals surface area contributed by atoms with Crippen molar-refractivity contribution < 1.29 is 4.39 Å². The van der Waals surface area contributed by atoms with Gasteiger partial charge in [0, 0.05) is 6.04 Å². The van der Waals surface area contributed by atoms with E-state index in [9.17, 15) is 4.39 Å². The molecule has 0 aliphatic carbocycles. The minimum atomic E-state index is -0.108. The Bertz CT molecular complexity index is 373. The standard InChI is InChI=1S/C16H24FN/c1-4-10-18-15(11-13(3)5-2)12-14-8-6-7-9-16(14)17/h6-9,15,18H,3-5,10-12H2,1-2H3. The minimum absolute atomic E-state index is 0.108. The number of rotatable bonds is 8. The van der Waals surface area contributed by atoms with Crippen LogP contribution in [0.1, 0.15) is 38.7 Å². The number of benzene rings is 1. The molecule has 0 heterocycles. The third-order valence-electron chi connectivity index (χ3n) is 3.14. The molecule has 100 valence electrons. The van der Waals surface area contributed by atoms with Gasteiger partial charge in [0.05, 0.1) is 0 Å². The highest BCUT2D eigenvalue weighted by Gasteiger charge is 2.12. The molecule has 1 rings (SSSR count). The first-order valence-electron chi connectivity index (χ1n) is 6.80. The monoisotopic (exact) mass is 249 g/mol. The summed E-state index contributed by atoms with van der Waals surface area (Å²) >= 11 is 0. The summed E-state index contributed by atoms with van der Waals surface area (Å²) in [6.07, 6.45) is 3.73. The fourth-order valence-corrected chi connectivity index (χ4v) is 1.99.